The Morgan fingerprint density at radius 1 is 0.439 bits per heavy atom. The number of benzene rings is 8. The fourth-order valence-corrected chi connectivity index (χ4v) is 8.99. The van der Waals surface area contributed by atoms with Crippen LogP contribution in [0.2, 0.25) is 0 Å². The predicted molar refractivity (Wildman–Crippen MR) is 237 cm³/mol. The van der Waals surface area contributed by atoms with Crippen molar-refractivity contribution in [1.29, 1.82) is 0 Å². The van der Waals surface area contributed by atoms with Crippen LogP contribution in [-0.2, 0) is 5.41 Å². The van der Waals surface area contributed by atoms with Gasteiger partial charge in [-0.05, 0) is 75.5 Å². The topological polar surface area (TPSA) is 34.0 Å². The molecule has 0 amide bonds. The molecule has 0 atom stereocenters. The normalized spacial score (nSPS) is 13.2. The van der Waals surface area contributed by atoms with E-state index < -0.39 is 0 Å². The highest BCUT2D eigenvalue weighted by molar-refractivity contribution is 6.22. The maximum absolute atomic E-state index is 5.30. The van der Waals surface area contributed by atoms with Crippen LogP contribution in [0.4, 0.5) is 17.1 Å². The van der Waals surface area contributed by atoms with E-state index >= 15 is 0 Å². The summed E-state index contributed by atoms with van der Waals surface area (Å²) in [4.78, 5) is 12.8. The van der Waals surface area contributed by atoms with Crippen molar-refractivity contribution in [2.75, 3.05) is 4.90 Å². The minimum absolute atomic E-state index is 0.166. The Morgan fingerprint density at radius 2 is 1.07 bits per heavy atom. The van der Waals surface area contributed by atoms with E-state index in [0.717, 1.165) is 39.4 Å². The van der Waals surface area contributed by atoms with Crippen LogP contribution in [0.3, 0.4) is 0 Å². The van der Waals surface area contributed by atoms with E-state index in [-0.39, 0.29) is 5.41 Å². The molecule has 57 heavy (non-hydrogen) atoms. The first-order valence-electron chi connectivity index (χ1n) is 19.6. The summed E-state index contributed by atoms with van der Waals surface area (Å²) in [6.07, 6.45) is 0. The SMILES string of the molecule is CC1(C)c2ccccc2N(c2ccccc2)c2cc(-c3ccc4c(c3)c3c5ccccc5ccc3n4-c3cc(-c4ccccc4)nc(-c4ccccc4)n3)ccc21. The Balaban J connectivity index is 1.15. The second kappa shape index (κ2) is 12.9. The molecule has 8 aromatic carbocycles. The Labute approximate surface area is 332 Å². The van der Waals surface area contributed by atoms with E-state index in [9.17, 15) is 0 Å². The Bertz CT molecular complexity index is 3090. The molecule has 270 valence electrons. The monoisotopic (exact) mass is 730 g/mol. The van der Waals surface area contributed by atoms with Crippen LogP contribution in [0.25, 0.3) is 72.2 Å². The van der Waals surface area contributed by atoms with Crippen LogP contribution in [0.15, 0.2) is 194 Å². The van der Waals surface area contributed by atoms with Gasteiger partial charge in [-0.15, -0.1) is 0 Å². The molecule has 1 aliphatic heterocycles. The highest BCUT2D eigenvalue weighted by Gasteiger charge is 2.37. The maximum Gasteiger partial charge on any atom is 0.162 e. The lowest BCUT2D eigenvalue weighted by Crippen LogP contribution is -2.30. The molecular weight excluding hydrogens is 693 g/mol. The average molecular weight is 731 g/mol. The van der Waals surface area contributed by atoms with E-state index in [1.165, 1.54) is 55.2 Å². The number of fused-ring (bicyclic) bond motifs is 7. The Hall–Kier alpha value is -7.30. The van der Waals surface area contributed by atoms with Crippen molar-refractivity contribution in [3.63, 3.8) is 0 Å². The maximum atomic E-state index is 5.30. The fraction of sp³-hybridized carbons (Fsp3) is 0.0566. The van der Waals surface area contributed by atoms with Crippen LogP contribution < -0.4 is 4.90 Å². The van der Waals surface area contributed by atoms with Gasteiger partial charge in [-0.2, -0.15) is 0 Å². The summed E-state index contributed by atoms with van der Waals surface area (Å²) in [6.45, 7) is 4.69. The molecule has 4 nitrogen and oxygen atoms in total. The molecule has 1 aliphatic rings. The van der Waals surface area contributed by atoms with Gasteiger partial charge >= 0.3 is 0 Å². The van der Waals surface area contributed by atoms with Gasteiger partial charge in [0.15, 0.2) is 5.82 Å². The zero-order chi connectivity index (χ0) is 38.1. The lowest BCUT2D eigenvalue weighted by molar-refractivity contribution is 0.632. The molecule has 11 rings (SSSR count). The van der Waals surface area contributed by atoms with Crippen molar-refractivity contribution in [1.82, 2.24) is 14.5 Å². The van der Waals surface area contributed by atoms with Gasteiger partial charge in [0.25, 0.3) is 0 Å². The predicted octanol–water partition coefficient (Wildman–Crippen LogP) is 13.8. The average Bonchev–Trinajstić information content (AvgIpc) is 3.61. The van der Waals surface area contributed by atoms with Crippen molar-refractivity contribution < 1.29 is 0 Å². The highest BCUT2D eigenvalue weighted by Crippen LogP contribution is 2.52. The molecule has 0 radical (unpaired) electrons. The molecule has 0 spiro atoms. The molecule has 10 aromatic rings. The van der Waals surface area contributed by atoms with Crippen molar-refractivity contribution >= 4 is 49.6 Å². The van der Waals surface area contributed by atoms with Gasteiger partial charge < -0.3 is 4.90 Å². The summed E-state index contributed by atoms with van der Waals surface area (Å²) in [6, 6.07) is 69.5. The van der Waals surface area contributed by atoms with Gasteiger partial charge in [-0.25, -0.2) is 9.97 Å². The van der Waals surface area contributed by atoms with E-state index in [4.69, 9.17) is 9.97 Å². The first-order valence-corrected chi connectivity index (χ1v) is 19.6. The Morgan fingerprint density at radius 3 is 1.88 bits per heavy atom. The third-order valence-corrected chi connectivity index (χ3v) is 11.8. The van der Waals surface area contributed by atoms with Crippen LogP contribution in [0.1, 0.15) is 25.0 Å². The third-order valence-electron chi connectivity index (χ3n) is 11.8. The van der Waals surface area contributed by atoms with Crippen molar-refractivity contribution in [2.45, 2.75) is 19.3 Å². The molecule has 0 saturated carbocycles. The van der Waals surface area contributed by atoms with Gasteiger partial charge in [-0.3, -0.25) is 4.57 Å². The van der Waals surface area contributed by atoms with Gasteiger partial charge in [-0.1, -0.05) is 159 Å². The summed E-state index contributed by atoms with van der Waals surface area (Å²) < 4.78 is 2.32. The molecule has 0 unspecified atom stereocenters. The first kappa shape index (κ1) is 33.1. The minimum atomic E-state index is -0.166. The largest absolute Gasteiger partial charge is 0.310 e. The lowest BCUT2D eigenvalue weighted by atomic mass is 9.73. The summed E-state index contributed by atoms with van der Waals surface area (Å²) in [5.74, 6) is 1.53. The molecule has 0 N–H and O–H groups in total. The van der Waals surface area contributed by atoms with Crippen LogP contribution in [-0.4, -0.2) is 14.5 Å². The van der Waals surface area contributed by atoms with E-state index in [1.54, 1.807) is 0 Å². The quantitative estimate of drug-likeness (QED) is 0.177. The van der Waals surface area contributed by atoms with E-state index in [0.29, 0.717) is 5.82 Å². The van der Waals surface area contributed by atoms with Crippen molar-refractivity contribution in [3.8, 4) is 39.6 Å². The van der Waals surface area contributed by atoms with Gasteiger partial charge in [0, 0.05) is 39.1 Å². The lowest BCUT2D eigenvalue weighted by Gasteiger charge is -2.42. The minimum Gasteiger partial charge on any atom is -0.310 e. The van der Waals surface area contributed by atoms with Crippen molar-refractivity contribution in [3.05, 3.63) is 205 Å². The standard InChI is InChI=1S/C53H38N4/c1-53(2)43-24-14-15-25-47(43)56(40-21-10-5-11-22-40)49-33-39(26-29-44(49)53)38-28-30-46-42(32-38)51-41-23-13-12-16-35(41)27-31-48(51)57(46)50-34-45(36-17-6-3-7-18-36)54-52(55-50)37-19-8-4-9-20-37/h3-34H,1-2H3. The molecule has 4 heteroatoms. The molecule has 0 aliphatic carbocycles. The number of aromatic nitrogens is 3. The summed E-state index contributed by atoms with van der Waals surface area (Å²) in [5.41, 5.74) is 13.5. The molecule has 2 aromatic heterocycles. The van der Waals surface area contributed by atoms with Gasteiger partial charge in [0.2, 0.25) is 0 Å². The van der Waals surface area contributed by atoms with Crippen LogP contribution in [0, 0.1) is 0 Å². The van der Waals surface area contributed by atoms with E-state index in [1.807, 2.05) is 24.3 Å². The summed E-state index contributed by atoms with van der Waals surface area (Å²) >= 11 is 0. The third kappa shape index (κ3) is 5.29. The Kier molecular flexibility index (Phi) is 7.48. The molecule has 0 fully saturated rings. The second-order valence-electron chi connectivity index (χ2n) is 15.5. The number of anilines is 3. The number of para-hydroxylation sites is 2. The van der Waals surface area contributed by atoms with Crippen LogP contribution >= 0.6 is 0 Å². The van der Waals surface area contributed by atoms with E-state index in [2.05, 4.69) is 193 Å². The number of hydrogen-bond donors (Lipinski definition) is 0. The zero-order valence-electron chi connectivity index (χ0n) is 31.8. The molecular formula is C53H38N4. The zero-order valence-corrected chi connectivity index (χ0v) is 31.8. The van der Waals surface area contributed by atoms with Gasteiger partial charge in [0.1, 0.15) is 5.82 Å². The number of nitrogens with zero attached hydrogens (tertiary/aromatic N) is 4. The highest BCUT2D eigenvalue weighted by atomic mass is 15.2. The fourth-order valence-electron chi connectivity index (χ4n) is 8.99. The molecule has 3 heterocycles. The van der Waals surface area contributed by atoms with Gasteiger partial charge in [0.05, 0.1) is 28.1 Å². The first-order chi connectivity index (χ1) is 28.0. The second-order valence-corrected chi connectivity index (χ2v) is 15.5. The smallest absolute Gasteiger partial charge is 0.162 e. The number of rotatable bonds is 5. The summed E-state index contributed by atoms with van der Waals surface area (Å²) in [5, 5.41) is 4.82. The number of hydrogen-bond acceptors (Lipinski definition) is 3. The van der Waals surface area contributed by atoms with Crippen LogP contribution in [0.5, 0.6) is 0 Å². The van der Waals surface area contributed by atoms with Crippen molar-refractivity contribution in [2.24, 2.45) is 0 Å². The summed E-state index contributed by atoms with van der Waals surface area (Å²) in [7, 11) is 0. The molecule has 0 saturated heterocycles. The molecule has 0 bridgehead atoms.